The van der Waals surface area contributed by atoms with E-state index in [1.54, 1.807) is 0 Å². The molecule has 90 valence electrons. The third-order valence-electron chi connectivity index (χ3n) is 2.19. The fraction of sp³-hybridized carbons (Fsp3) is 0.846. The fourth-order valence-electron chi connectivity index (χ4n) is 1.33. The zero-order chi connectivity index (χ0) is 11.7. The summed E-state index contributed by atoms with van der Waals surface area (Å²) >= 11 is 2.00. The van der Waals surface area contributed by atoms with Gasteiger partial charge in [0.15, 0.2) is 0 Å². The SMILES string of the molecule is C=C(CCCC(C)C)NCCSC(C)C. The minimum absolute atomic E-state index is 0.737. The average molecular weight is 229 g/mol. The second-order valence-electron chi connectivity index (χ2n) is 4.74. The average Bonchev–Trinajstić information content (AvgIpc) is 2.11. The number of nitrogens with one attached hydrogen (secondary N) is 1. The van der Waals surface area contributed by atoms with Gasteiger partial charge in [0.05, 0.1) is 0 Å². The van der Waals surface area contributed by atoms with Crippen molar-refractivity contribution < 1.29 is 0 Å². The molecule has 0 amide bonds. The molecule has 0 aliphatic heterocycles. The highest BCUT2D eigenvalue weighted by Gasteiger charge is 1.98. The molecule has 0 aliphatic rings. The van der Waals surface area contributed by atoms with Gasteiger partial charge >= 0.3 is 0 Å². The molecule has 0 saturated heterocycles. The van der Waals surface area contributed by atoms with E-state index < -0.39 is 0 Å². The van der Waals surface area contributed by atoms with Crippen LogP contribution in [0.2, 0.25) is 0 Å². The minimum atomic E-state index is 0.737. The lowest BCUT2D eigenvalue weighted by Gasteiger charge is -2.11. The Morgan fingerprint density at radius 3 is 2.47 bits per heavy atom. The minimum Gasteiger partial charge on any atom is -0.388 e. The van der Waals surface area contributed by atoms with Crippen molar-refractivity contribution in [3.63, 3.8) is 0 Å². The van der Waals surface area contributed by atoms with Crippen molar-refractivity contribution in [2.45, 2.75) is 52.2 Å². The molecule has 1 nitrogen and oxygen atoms in total. The Hall–Kier alpha value is -0.110. The molecule has 0 aromatic carbocycles. The summed E-state index contributed by atoms with van der Waals surface area (Å²) in [5.74, 6) is 2.00. The first-order valence-corrected chi connectivity index (χ1v) is 7.10. The first kappa shape index (κ1) is 14.9. The quantitative estimate of drug-likeness (QED) is 0.598. The van der Waals surface area contributed by atoms with Crippen LogP contribution in [0, 0.1) is 5.92 Å². The van der Waals surface area contributed by atoms with Crippen molar-refractivity contribution >= 4 is 11.8 Å². The molecular formula is C13H27NS. The van der Waals surface area contributed by atoms with Crippen LogP contribution in [0.15, 0.2) is 12.3 Å². The molecule has 0 spiro atoms. The summed E-state index contributed by atoms with van der Waals surface area (Å²) in [6.07, 6.45) is 3.70. The van der Waals surface area contributed by atoms with Gasteiger partial charge in [-0.1, -0.05) is 40.7 Å². The van der Waals surface area contributed by atoms with Gasteiger partial charge in [-0.15, -0.1) is 0 Å². The van der Waals surface area contributed by atoms with E-state index in [1.165, 1.54) is 24.3 Å². The highest BCUT2D eigenvalue weighted by atomic mass is 32.2. The lowest BCUT2D eigenvalue weighted by molar-refractivity contribution is 0.547. The van der Waals surface area contributed by atoms with Gasteiger partial charge in [-0.05, 0) is 24.0 Å². The maximum atomic E-state index is 4.05. The van der Waals surface area contributed by atoms with Crippen LogP contribution in [0.25, 0.3) is 0 Å². The van der Waals surface area contributed by atoms with E-state index >= 15 is 0 Å². The Labute approximate surface area is 100 Å². The zero-order valence-corrected chi connectivity index (χ0v) is 11.6. The largest absolute Gasteiger partial charge is 0.388 e. The normalized spacial score (nSPS) is 11.1. The van der Waals surface area contributed by atoms with Crippen molar-refractivity contribution in [1.29, 1.82) is 0 Å². The predicted octanol–water partition coefficient (Wildman–Crippen LogP) is 4.06. The molecule has 0 rings (SSSR count). The maximum absolute atomic E-state index is 4.05. The lowest BCUT2D eigenvalue weighted by atomic mass is 10.1. The van der Waals surface area contributed by atoms with Crippen LogP contribution >= 0.6 is 11.8 Å². The maximum Gasteiger partial charge on any atom is 0.0234 e. The Bertz CT molecular complexity index is 164. The van der Waals surface area contributed by atoms with Gasteiger partial charge in [-0.25, -0.2) is 0 Å². The summed E-state index contributed by atoms with van der Waals surface area (Å²) in [6, 6.07) is 0. The highest BCUT2D eigenvalue weighted by Crippen LogP contribution is 2.10. The molecule has 15 heavy (non-hydrogen) atoms. The summed E-state index contributed by atoms with van der Waals surface area (Å²) in [4.78, 5) is 0. The predicted molar refractivity (Wildman–Crippen MR) is 73.4 cm³/mol. The molecule has 0 saturated carbocycles. The summed E-state index contributed by atoms with van der Waals surface area (Å²) in [6.45, 7) is 14.1. The molecule has 0 bridgehead atoms. The van der Waals surface area contributed by atoms with E-state index in [2.05, 4.69) is 39.6 Å². The molecule has 0 radical (unpaired) electrons. The van der Waals surface area contributed by atoms with Crippen LogP contribution in [-0.4, -0.2) is 17.5 Å². The van der Waals surface area contributed by atoms with E-state index in [9.17, 15) is 0 Å². The molecule has 0 aliphatic carbocycles. The standard InChI is InChI=1S/C13H27NS/c1-11(2)7-6-8-13(5)14-9-10-15-12(3)4/h11-12,14H,5-10H2,1-4H3. The number of hydrogen-bond acceptors (Lipinski definition) is 2. The van der Waals surface area contributed by atoms with Gasteiger partial charge in [0.2, 0.25) is 0 Å². The summed E-state index contributed by atoms with van der Waals surface area (Å²) < 4.78 is 0. The molecule has 2 heteroatoms. The Kier molecular flexibility index (Phi) is 9.07. The molecule has 0 fully saturated rings. The molecule has 0 aromatic rings. The summed E-state index contributed by atoms with van der Waals surface area (Å²) in [5.41, 5.74) is 1.21. The number of thioether (sulfide) groups is 1. The first-order valence-electron chi connectivity index (χ1n) is 6.05. The van der Waals surface area contributed by atoms with Gasteiger partial charge < -0.3 is 5.32 Å². The lowest BCUT2D eigenvalue weighted by Crippen LogP contribution is -2.16. The molecule has 1 N–H and O–H groups in total. The molecule has 0 atom stereocenters. The Morgan fingerprint density at radius 2 is 1.93 bits per heavy atom. The number of hydrogen-bond donors (Lipinski definition) is 1. The van der Waals surface area contributed by atoms with Crippen LogP contribution in [0.5, 0.6) is 0 Å². The van der Waals surface area contributed by atoms with Gasteiger partial charge in [0, 0.05) is 18.0 Å². The second kappa shape index (κ2) is 9.14. The van der Waals surface area contributed by atoms with Gasteiger partial charge in [-0.3, -0.25) is 0 Å². The molecular weight excluding hydrogens is 202 g/mol. The number of allylic oxidation sites excluding steroid dienone is 1. The zero-order valence-electron chi connectivity index (χ0n) is 10.8. The van der Waals surface area contributed by atoms with E-state index in [0.717, 1.165) is 24.1 Å². The molecule has 0 aromatic heterocycles. The highest BCUT2D eigenvalue weighted by molar-refractivity contribution is 7.99. The van der Waals surface area contributed by atoms with Crippen LogP contribution in [0.4, 0.5) is 0 Å². The van der Waals surface area contributed by atoms with Crippen LogP contribution in [-0.2, 0) is 0 Å². The summed E-state index contributed by atoms with van der Waals surface area (Å²) in [5, 5.41) is 4.13. The third kappa shape index (κ3) is 11.8. The van der Waals surface area contributed by atoms with E-state index in [-0.39, 0.29) is 0 Å². The second-order valence-corrected chi connectivity index (χ2v) is 6.42. The van der Waals surface area contributed by atoms with Crippen molar-refractivity contribution in [1.82, 2.24) is 5.32 Å². The smallest absolute Gasteiger partial charge is 0.0234 e. The topological polar surface area (TPSA) is 12.0 Å². The van der Waals surface area contributed by atoms with Crippen molar-refractivity contribution in [2.75, 3.05) is 12.3 Å². The van der Waals surface area contributed by atoms with Gasteiger partial charge in [0.25, 0.3) is 0 Å². The van der Waals surface area contributed by atoms with Crippen molar-refractivity contribution in [2.24, 2.45) is 5.92 Å². The van der Waals surface area contributed by atoms with Crippen LogP contribution in [0.3, 0.4) is 0 Å². The third-order valence-corrected chi connectivity index (χ3v) is 3.29. The first-order chi connectivity index (χ1) is 7.02. The van der Waals surface area contributed by atoms with Gasteiger partial charge in [0.1, 0.15) is 0 Å². The Balaban J connectivity index is 3.26. The van der Waals surface area contributed by atoms with E-state index in [1.807, 2.05) is 11.8 Å². The van der Waals surface area contributed by atoms with Crippen molar-refractivity contribution in [3.05, 3.63) is 12.3 Å². The fourth-order valence-corrected chi connectivity index (χ4v) is 2.03. The monoisotopic (exact) mass is 229 g/mol. The van der Waals surface area contributed by atoms with Crippen molar-refractivity contribution in [3.8, 4) is 0 Å². The van der Waals surface area contributed by atoms with Crippen LogP contribution < -0.4 is 5.32 Å². The molecule has 0 heterocycles. The van der Waals surface area contributed by atoms with Gasteiger partial charge in [-0.2, -0.15) is 11.8 Å². The van der Waals surface area contributed by atoms with E-state index in [0.29, 0.717) is 0 Å². The summed E-state index contributed by atoms with van der Waals surface area (Å²) in [7, 11) is 0. The Morgan fingerprint density at radius 1 is 1.27 bits per heavy atom. The van der Waals surface area contributed by atoms with Crippen LogP contribution in [0.1, 0.15) is 47.0 Å². The van der Waals surface area contributed by atoms with E-state index in [4.69, 9.17) is 0 Å². The molecule has 0 unspecified atom stereocenters. The number of rotatable bonds is 9.